The molecule has 0 unspecified atom stereocenters. The van der Waals surface area contributed by atoms with Gasteiger partial charge in [0.15, 0.2) is 11.3 Å². The summed E-state index contributed by atoms with van der Waals surface area (Å²) in [6.07, 6.45) is 1.50. The first-order chi connectivity index (χ1) is 12.2. The van der Waals surface area contributed by atoms with Crippen LogP contribution in [0.5, 0.6) is 0 Å². The van der Waals surface area contributed by atoms with Crippen LogP contribution >= 0.6 is 0 Å². The first-order valence-electron chi connectivity index (χ1n) is 7.52. The van der Waals surface area contributed by atoms with Crippen LogP contribution in [0.2, 0.25) is 0 Å². The van der Waals surface area contributed by atoms with Crippen molar-refractivity contribution in [2.75, 3.05) is 7.11 Å². The molecule has 0 aliphatic rings. The van der Waals surface area contributed by atoms with Crippen molar-refractivity contribution in [2.45, 2.75) is 0 Å². The van der Waals surface area contributed by atoms with Crippen LogP contribution < -0.4 is 5.56 Å². The van der Waals surface area contributed by atoms with Gasteiger partial charge in [-0.3, -0.25) is 9.89 Å². The van der Waals surface area contributed by atoms with Gasteiger partial charge in [0, 0.05) is 5.56 Å². The number of ether oxygens (including phenoxy) is 1. The van der Waals surface area contributed by atoms with E-state index in [9.17, 15) is 9.59 Å². The molecule has 124 valence electrons. The first kappa shape index (κ1) is 14.9. The van der Waals surface area contributed by atoms with Crippen LogP contribution in [0.3, 0.4) is 0 Å². The Labute approximate surface area is 141 Å². The summed E-state index contributed by atoms with van der Waals surface area (Å²) >= 11 is 0. The van der Waals surface area contributed by atoms with E-state index in [1.807, 2.05) is 18.2 Å². The summed E-state index contributed by atoms with van der Waals surface area (Å²) in [7, 11) is 1.28. The van der Waals surface area contributed by atoms with Crippen LogP contribution in [-0.4, -0.2) is 27.8 Å². The number of hydrogen-bond acceptors (Lipinski definition) is 5. The number of hydrogen-bond donors (Lipinski definition) is 1. The lowest BCUT2D eigenvalue weighted by Crippen LogP contribution is -2.14. The minimum atomic E-state index is -0.594. The van der Waals surface area contributed by atoms with E-state index in [1.54, 1.807) is 24.3 Å². The van der Waals surface area contributed by atoms with E-state index in [4.69, 9.17) is 9.15 Å². The van der Waals surface area contributed by atoms with E-state index in [1.165, 1.54) is 24.1 Å². The number of H-pyrrole nitrogens is 1. The van der Waals surface area contributed by atoms with Crippen molar-refractivity contribution < 1.29 is 13.9 Å². The molecule has 3 aromatic heterocycles. The lowest BCUT2D eigenvalue weighted by Gasteiger charge is -2.02. The fraction of sp³-hybridized carbons (Fsp3) is 0.0556. The Hall–Kier alpha value is -3.61. The number of rotatable bonds is 3. The normalized spacial score (nSPS) is 10.9. The average Bonchev–Trinajstić information content (AvgIpc) is 3.29. The van der Waals surface area contributed by atoms with E-state index in [-0.39, 0.29) is 16.9 Å². The van der Waals surface area contributed by atoms with Crippen molar-refractivity contribution in [3.8, 4) is 17.0 Å². The quantitative estimate of drug-likeness (QED) is 0.581. The highest BCUT2D eigenvalue weighted by molar-refractivity contribution is 5.97. The van der Waals surface area contributed by atoms with Crippen molar-refractivity contribution >= 4 is 17.0 Å². The second-order valence-electron chi connectivity index (χ2n) is 5.34. The number of nitrogens with one attached hydrogen (secondary N) is 1. The van der Waals surface area contributed by atoms with Gasteiger partial charge in [0.05, 0.1) is 24.4 Å². The standard InChI is InChI=1S/C18H13N3O4/c1-24-18(23)13-10-12(14-8-5-9-25-14)15-16(19-13)20-21(17(15)22)11-6-3-2-4-7-11/h2-10H,1H3,(H,19,20). The highest BCUT2D eigenvalue weighted by Crippen LogP contribution is 2.27. The molecule has 7 nitrogen and oxygen atoms in total. The minimum Gasteiger partial charge on any atom is -0.464 e. The summed E-state index contributed by atoms with van der Waals surface area (Å²) in [5.74, 6) is -0.128. The lowest BCUT2D eigenvalue weighted by molar-refractivity contribution is 0.0594. The maximum absolute atomic E-state index is 12.9. The van der Waals surface area contributed by atoms with E-state index < -0.39 is 5.97 Å². The SMILES string of the molecule is COC(=O)c1cc(-c2ccco2)c2c(=O)n(-c3ccccc3)[nH]c2n1. The molecule has 0 aliphatic heterocycles. The number of nitrogens with zero attached hydrogens (tertiary/aromatic N) is 2. The maximum atomic E-state index is 12.9. The van der Waals surface area contributed by atoms with Crippen molar-refractivity contribution in [2.24, 2.45) is 0 Å². The highest BCUT2D eigenvalue weighted by atomic mass is 16.5. The molecule has 3 heterocycles. The molecule has 4 rings (SSSR count). The second kappa shape index (κ2) is 5.79. The van der Waals surface area contributed by atoms with Gasteiger partial charge >= 0.3 is 5.97 Å². The van der Waals surface area contributed by atoms with Crippen molar-refractivity contribution in [1.82, 2.24) is 14.8 Å². The van der Waals surface area contributed by atoms with Gasteiger partial charge in [0.2, 0.25) is 0 Å². The Balaban J connectivity index is 2.06. The maximum Gasteiger partial charge on any atom is 0.356 e. The minimum absolute atomic E-state index is 0.0860. The van der Waals surface area contributed by atoms with Gasteiger partial charge < -0.3 is 9.15 Å². The smallest absolute Gasteiger partial charge is 0.356 e. The molecule has 0 spiro atoms. The molecule has 0 aliphatic carbocycles. The number of methoxy groups -OCH3 is 1. The summed E-state index contributed by atoms with van der Waals surface area (Å²) < 4.78 is 11.6. The zero-order chi connectivity index (χ0) is 17.4. The van der Waals surface area contributed by atoms with Crippen LogP contribution in [0.1, 0.15) is 10.5 Å². The number of pyridine rings is 1. The number of para-hydroxylation sites is 1. The molecule has 0 radical (unpaired) electrons. The summed E-state index contributed by atoms with van der Waals surface area (Å²) in [6.45, 7) is 0. The number of benzene rings is 1. The Morgan fingerprint density at radius 2 is 2.00 bits per heavy atom. The Kier molecular flexibility index (Phi) is 3.46. The third-order valence-corrected chi connectivity index (χ3v) is 3.85. The van der Waals surface area contributed by atoms with Gasteiger partial charge in [-0.05, 0) is 30.3 Å². The highest BCUT2D eigenvalue weighted by Gasteiger charge is 2.20. The Bertz CT molecular complexity index is 1110. The molecule has 0 fully saturated rings. The van der Waals surface area contributed by atoms with E-state index in [0.29, 0.717) is 22.4 Å². The predicted molar refractivity (Wildman–Crippen MR) is 90.7 cm³/mol. The van der Waals surface area contributed by atoms with E-state index in [0.717, 1.165) is 0 Å². The number of aromatic amines is 1. The fourth-order valence-electron chi connectivity index (χ4n) is 2.71. The zero-order valence-corrected chi connectivity index (χ0v) is 13.2. The molecular formula is C18H13N3O4. The average molecular weight is 335 g/mol. The Morgan fingerprint density at radius 3 is 2.68 bits per heavy atom. The van der Waals surface area contributed by atoms with Gasteiger partial charge in [-0.2, -0.15) is 0 Å². The van der Waals surface area contributed by atoms with Crippen LogP contribution in [0, 0.1) is 0 Å². The number of furan rings is 1. The second-order valence-corrected chi connectivity index (χ2v) is 5.34. The molecule has 0 bridgehead atoms. The molecule has 0 saturated heterocycles. The number of esters is 1. The van der Waals surface area contributed by atoms with Gasteiger partial charge in [0.25, 0.3) is 5.56 Å². The number of aromatic nitrogens is 3. The topological polar surface area (TPSA) is 90.1 Å². The molecule has 0 amide bonds. The molecule has 25 heavy (non-hydrogen) atoms. The van der Waals surface area contributed by atoms with Gasteiger partial charge in [-0.1, -0.05) is 18.2 Å². The molecule has 4 aromatic rings. The third-order valence-electron chi connectivity index (χ3n) is 3.85. The van der Waals surface area contributed by atoms with Crippen molar-refractivity contribution in [1.29, 1.82) is 0 Å². The molecule has 1 N–H and O–H groups in total. The van der Waals surface area contributed by atoms with Gasteiger partial charge in [-0.15, -0.1) is 0 Å². The lowest BCUT2D eigenvalue weighted by atomic mass is 10.1. The monoisotopic (exact) mass is 335 g/mol. The molecule has 7 heteroatoms. The molecular weight excluding hydrogens is 322 g/mol. The van der Waals surface area contributed by atoms with Crippen LogP contribution in [0.4, 0.5) is 0 Å². The Morgan fingerprint density at radius 1 is 1.20 bits per heavy atom. The van der Waals surface area contributed by atoms with E-state index >= 15 is 0 Å². The largest absolute Gasteiger partial charge is 0.464 e. The van der Waals surface area contributed by atoms with Gasteiger partial charge in [-0.25, -0.2) is 14.5 Å². The zero-order valence-electron chi connectivity index (χ0n) is 13.2. The van der Waals surface area contributed by atoms with Gasteiger partial charge in [0.1, 0.15) is 5.76 Å². The predicted octanol–water partition coefficient (Wildman–Crippen LogP) is 2.76. The third kappa shape index (κ3) is 2.42. The van der Waals surface area contributed by atoms with Crippen LogP contribution in [0.25, 0.3) is 28.0 Å². The number of carbonyl (C=O) groups is 1. The van der Waals surface area contributed by atoms with Crippen LogP contribution in [-0.2, 0) is 4.74 Å². The van der Waals surface area contributed by atoms with Crippen molar-refractivity contribution in [3.63, 3.8) is 0 Å². The molecule has 0 saturated carbocycles. The molecule has 0 atom stereocenters. The fourth-order valence-corrected chi connectivity index (χ4v) is 2.71. The summed E-state index contributed by atoms with van der Waals surface area (Å²) in [6, 6.07) is 14.0. The summed E-state index contributed by atoms with van der Waals surface area (Å²) in [5, 5.41) is 3.28. The summed E-state index contributed by atoms with van der Waals surface area (Å²) in [4.78, 5) is 29.1. The van der Waals surface area contributed by atoms with Crippen LogP contribution in [0.15, 0.2) is 64.0 Å². The number of carbonyl (C=O) groups excluding carboxylic acids is 1. The summed E-state index contributed by atoms with van der Waals surface area (Å²) in [5.41, 5.74) is 1.23. The molecule has 1 aromatic carbocycles. The first-order valence-corrected chi connectivity index (χ1v) is 7.52. The number of fused-ring (bicyclic) bond motifs is 1. The van der Waals surface area contributed by atoms with Crippen molar-refractivity contribution in [3.05, 3.63) is 70.8 Å². The van der Waals surface area contributed by atoms with E-state index in [2.05, 4.69) is 10.1 Å².